The van der Waals surface area contributed by atoms with Crippen LogP contribution in [0.2, 0.25) is 0 Å². The van der Waals surface area contributed by atoms with Crippen molar-refractivity contribution in [1.82, 2.24) is 0 Å². The second-order valence-electron chi connectivity index (χ2n) is 6.60. The summed E-state index contributed by atoms with van der Waals surface area (Å²) in [6.07, 6.45) is 5.31. The Kier molecular flexibility index (Phi) is 5.66. The molecule has 0 saturated carbocycles. The van der Waals surface area contributed by atoms with Crippen LogP contribution in [-0.4, -0.2) is 12.0 Å². The summed E-state index contributed by atoms with van der Waals surface area (Å²) in [5.74, 6) is 7.74. The number of hydrogen-bond donors (Lipinski definition) is 0. The van der Waals surface area contributed by atoms with Crippen molar-refractivity contribution in [1.29, 1.82) is 0 Å². The summed E-state index contributed by atoms with van der Waals surface area (Å²) in [6, 6.07) is 14.2. The lowest BCUT2D eigenvalue weighted by atomic mass is 9.73. The first kappa shape index (κ1) is 17.8. The van der Waals surface area contributed by atoms with E-state index >= 15 is 0 Å². The SMILES string of the molecule is CCC1(CC)CCSc2c(CC#Cc3ccc(C=O)cc3)cccc21. The smallest absolute Gasteiger partial charge is 0.150 e. The van der Waals surface area contributed by atoms with Gasteiger partial charge < -0.3 is 0 Å². The van der Waals surface area contributed by atoms with E-state index in [0.29, 0.717) is 11.0 Å². The highest BCUT2D eigenvalue weighted by Gasteiger charge is 2.34. The van der Waals surface area contributed by atoms with Crippen LogP contribution in [0.25, 0.3) is 0 Å². The van der Waals surface area contributed by atoms with Crippen molar-refractivity contribution in [3.05, 3.63) is 64.7 Å². The second-order valence-corrected chi connectivity index (χ2v) is 7.70. The molecule has 1 aliphatic rings. The van der Waals surface area contributed by atoms with Gasteiger partial charge in [-0.1, -0.05) is 56.0 Å². The van der Waals surface area contributed by atoms with Crippen LogP contribution in [0, 0.1) is 11.8 Å². The summed E-state index contributed by atoms with van der Waals surface area (Å²) in [6.45, 7) is 4.64. The molecule has 1 aliphatic heterocycles. The molecule has 2 aromatic carbocycles. The fourth-order valence-corrected chi connectivity index (χ4v) is 5.13. The summed E-state index contributed by atoms with van der Waals surface area (Å²) < 4.78 is 0. The molecule has 0 saturated heterocycles. The molecular weight excluding hydrogens is 324 g/mol. The lowest BCUT2D eigenvalue weighted by Gasteiger charge is -2.38. The predicted molar refractivity (Wildman–Crippen MR) is 106 cm³/mol. The van der Waals surface area contributed by atoms with Crippen molar-refractivity contribution in [3.8, 4) is 11.8 Å². The molecule has 0 fully saturated rings. The summed E-state index contributed by atoms with van der Waals surface area (Å²) >= 11 is 1.99. The summed E-state index contributed by atoms with van der Waals surface area (Å²) in [5.41, 5.74) is 4.87. The average Bonchev–Trinajstić information content (AvgIpc) is 2.68. The van der Waals surface area contributed by atoms with Crippen LogP contribution >= 0.6 is 11.8 Å². The van der Waals surface area contributed by atoms with Gasteiger partial charge >= 0.3 is 0 Å². The molecule has 128 valence electrons. The van der Waals surface area contributed by atoms with Gasteiger partial charge in [-0.25, -0.2) is 0 Å². The highest BCUT2D eigenvalue weighted by molar-refractivity contribution is 7.99. The van der Waals surface area contributed by atoms with Gasteiger partial charge in [0.05, 0.1) is 0 Å². The van der Waals surface area contributed by atoms with Gasteiger partial charge in [0.2, 0.25) is 0 Å². The fraction of sp³-hybridized carbons (Fsp3) is 0.348. The lowest BCUT2D eigenvalue weighted by Crippen LogP contribution is -2.29. The van der Waals surface area contributed by atoms with Crippen LogP contribution in [0.4, 0.5) is 0 Å². The Balaban J connectivity index is 1.85. The van der Waals surface area contributed by atoms with E-state index in [1.165, 1.54) is 41.0 Å². The number of thioether (sulfide) groups is 1. The molecule has 1 nitrogen and oxygen atoms in total. The first-order valence-electron chi connectivity index (χ1n) is 9.01. The number of carbonyl (C=O) groups excluding carboxylic acids is 1. The Hall–Kier alpha value is -1.98. The monoisotopic (exact) mass is 348 g/mol. The Bertz CT molecular complexity index is 804. The van der Waals surface area contributed by atoms with Crippen molar-refractivity contribution < 1.29 is 4.79 Å². The number of hydrogen-bond acceptors (Lipinski definition) is 2. The Morgan fingerprint density at radius 3 is 2.56 bits per heavy atom. The van der Waals surface area contributed by atoms with Crippen LogP contribution < -0.4 is 0 Å². The van der Waals surface area contributed by atoms with Crippen LogP contribution in [0.5, 0.6) is 0 Å². The van der Waals surface area contributed by atoms with Gasteiger partial charge in [0.25, 0.3) is 0 Å². The maximum Gasteiger partial charge on any atom is 0.150 e. The average molecular weight is 349 g/mol. The molecule has 0 unspecified atom stereocenters. The highest BCUT2D eigenvalue weighted by Crippen LogP contribution is 2.47. The predicted octanol–water partition coefficient (Wildman–Crippen LogP) is 5.65. The van der Waals surface area contributed by atoms with Crippen LogP contribution in [-0.2, 0) is 11.8 Å². The van der Waals surface area contributed by atoms with E-state index in [1.54, 1.807) is 0 Å². The molecule has 0 spiro atoms. The third-order valence-electron chi connectivity index (χ3n) is 5.41. The highest BCUT2D eigenvalue weighted by atomic mass is 32.2. The topological polar surface area (TPSA) is 17.1 Å². The quantitative estimate of drug-likeness (QED) is 0.525. The molecule has 0 radical (unpaired) electrons. The Morgan fingerprint density at radius 2 is 1.88 bits per heavy atom. The maximum absolute atomic E-state index is 10.7. The third-order valence-corrected chi connectivity index (χ3v) is 6.59. The molecule has 1 heterocycles. The van der Waals surface area contributed by atoms with Gasteiger partial charge in [-0.15, -0.1) is 11.8 Å². The van der Waals surface area contributed by atoms with Crippen molar-refractivity contribution in [2.45, 2.75) is 49.8 Å². The normalized spacial score (nSPS) is 15.0. The van der Waals surface area contributed by atoms with E-state index in [-0.39, 0.29) is 0 Å². The first-order chi connectivity index (χ1) is 12.2. The molecule has 0 atom stereocenters. The molecule has 0 amide bonds. The minimum absolute atomic E-state index is 0.342. The van der Waals surface area contributed by atoms with Crippen LogP contribution in [0.1, 0.15) is 60.2 Å². The van der Waals surface area contributed by atoms with Gasteiger partial charge in [-0.05, 0) is 53.7 Å². The molecule has 2 heteroatoms. The van der Waals surface area contributed by atoms with E-state index in [4.69, 9.17) is 0 Å². The standard InChI is InChI=1S/C23H24OS/c1-3-23(4-2)15-16-25-22-20(9-6-10-21(22)23)8-5-7-18-11-13-19(17-24)14-12-18/h6,9-14,17H,3-4,8,15-16H2,1-2H3. The summed E-state index contributed by atoms with van der Waals surface area (Å²) in [4.78, 5) is 12.2. The molecule has 0 bridgehead atoms. The number of carbonyl (C=O) groups is 1. The minimum atomic E-state index is 0.342. The van der Waals surface area contributed by atoms with E-state index in [9.17, 15) is 4.79 Å². The van der Waals surface area contributed by atoms with E-state index in [2.05, 4.69) is 43.9 Å². The van der Waals surface area contributed by atoms with Gasteiger partial charge in [-0.2, -0.15) is 0 Å². The number of fused-ring (bicyclic) bond motifs is 1. The molecule has 25 heavy (non-hydrogen) atoms. The van der Waals surface area contributed by atoms with Crippen molar-refractivity contribution in [2.24, 2.45) is 0 Å². The van der Waals surface area contributed by atoms with Crippen molar-refractivity contribution in [3.63, 3.8) is 0 Å². The Morgan fingerprint density at radius 1 is 1.12 bits per heavy atom. The van der Waals surface area contributed by atoms with Crippen LogP contribution in [0.15, 0.2) is 47.4 Å². The van der Waals surface area contributed by atoms with E-state index in [1.807, 2.05) is 36.0 Å². The first-order valence-corrected chi connectivity index (χ1v) is 10.0. The number of aldehydes is 1. The van der Waals surface area contributed by atoms with Gasteiger partial charge in [0.15, 0.2) is 0 Å². The molecule has 3 rings (SSSR count). The largest absolute Gasteiger partial charge is 0.298 e. The van der Waals surface area contributed by atoms with Crippen molar-refractivity contribution in [2.75, 3.05) is 5.75 Å². The van der Waals surface area contributed by atoms with E-state index in [0.717, 1.165) is 18.3 Å². The molecule has 0 aromatic heterocycles. The zero-order chi connectivity index (χ0) is 17.7. The maximum atomic E-state index is 10.7. The third kappa shape index (κ3) is 3.67. The van der Waals surface area contributed by atoms with Gasteiger partial charge in [-0.3, -0.25) is 4.79 Å². The zero-order valence-corrected chi connectivity index (χ0v) is 15.8. The molecular formula is C23H24OS. The van der Waals surface area contributed by atoms with Crippen molar-refractivity contribution >= 4 is 18.0 Å². The molecule has 0 N–H and O–H groups in total. The summed E-state index contributed by atoms with van der Waals surface area (Å²) in [7, 11) is 0. The number of benzene rings is 2. The van der Waals surface area contributed by atoms with E-state index < -0.39 is 0 Å². The minimum Gasteiger partial charge on any atom is -0.298 e. The van der Waals surface area contributed by atoms with Gasteiger partial charge in [0.1, 0.15) is 6.29 Å². The zero-order valence-electron chi connectivity index (χ0n) is 15.0. The summed E-state index contributed by atoms with van der Waals surface area (Å²) in [5, 5.41) is 0. The second kappa shape index (κ2) is 7.93. The Labute approximate surface area is 155 Å². The fourth-order valence-electron chi connectivity index (χ4n) is 3.67. The van der Waals surface area contributed by atoms with Crippen LogP contribution in [0.3, 0.4) is 0 Å². The number of rotatable bonds is 4. The molecule has 2 aromatic rings. The van der Waals surface area contributed by atoms with Gasteiger partial charge in [0, 0.05) is 22.4 Å². The molecule has 0 aliphatic carbocycles. The lowest BCUT2D eigenvalue weighted by molar-refractivity contribution is 0.112.